The number of fused-ring (bicyclic) bond motifs is 6. The Hall–Kier alpha value is -5.08. The fourth-order valence-corrected chi connectivity index (χ4v) is 6.74. The molecule has 9 heteroatoms. The molecule has 0 fully saturated rings. The molecular formula is C35H25ClN2O6. The largest absolute Gasteiger partial charge is 0.454 e. The van der Waals surface area contributed by atoms with Gasteiger partial charge >= 0.3 is 0 Å². The van der Waals surface area contributed by atoms with Gasteiger partial charge in [-0.2, -0.15) is 0 Å². The lowest BCUT2D eigenvalue weighted by molar-refractivity contribution is -0.126. The third-order valence-electron chi connectivity index (χ3n) is 8.88. The quantitative estimate of drug-likeness (QED) is 0.241. The number of carbonyl (C=O) groups excluding carboxylic acids is 2. The van der Waals surface area contributed by atoms with Crippen LogP contribution >= 0.6 is 11.6 Å². The van der Waals surface area contributed by atoms with Crippen molar-refractivity contribution in [3.8, 4) is 11.5 Å². The van der Waals surface area contributed by atoms with E-state index in [0.29, 0.717) is 44.3 Å². The number of anilines is 1. The summed E-state index contributed by atoms with van der Waals surface area (Å²) in [7, 11) is 0. The number of carbonyl (C=O) groups is 2. The second-order valence-corrected chi connectivity index (χ2v) is 11.8. The molecule has 3 aliphatic heterocycles. The summed E-state index contributed by atoms with van der Waals surface area (Å²) in [5, 5.41) is 0.906. The van der Waals surface area contributed by atoms with Crippen LogP contribution in [-0.2, 0) is 23.4 Å². The summed E-state index contributed by atoms with van der Waals surface area (Å²) in [6.45, 7) is 4.17. The molecule has 5 aromatic rings. The van der Waals surface area contributed by atoms with Gasteiger partial charge in [0.05, 0.1) is 23.2 Å². The molecule has 0 bridgehead atoms. The van der Waals surface area contributed by atoms with E-state index < -0.39 is 22.8 Å². The van der Waals surface area contributed by atoms with Crippen LogP contribution in [0.15, 0.2) is 88.1 Å². The van der Waals surface area contributed by atoms with E-state index >= 15 is 4.79 Å². The lowest BCUT2D eigenvalue weighted by Crippen LogP contribution is -2.52. The summed E-state index contributed by atoms with van der Waals surface area (Å²) in [5.74, 6) is 0.0882. The Kier molecular flexibility index (Phi) is 5.71. The summed E-state index contributed by atoms with van der Waals surface area (Å²) < 4.78 is 17.3. The minimum Gasteiger partial charge on any atom is -0.454 e. The molecule has 8 nitrogen and oxygen atoms in total. The second kappa shape index (κ2) is 9.46. The summed E-state index contributed by atoms with van der Waals surface area (Å²) in [6, 6.07) is 23.5. The standard InChI is InChI=1S/C35H25ClN2O6/c1-19-13-24-28(14-20(19)2)44-32-30(31(24)39)35(38(33(32)40)17-22-9-12-27-29(15-22)43-18-42-27)25-5-3-4-6-26(25)37(34(35)41)16-21-7-10-23(36)11-8-21/h3-15H,16-18H2,1-2H3. The molecule has 2 amide bonds. The van der Waals surface area contributed by atoms with Gasteiger partial charge < -0.3 is 23.7 Å². The van der Waals surface area contributed by atoms with Crippen molar-refractivity contribution in [2.24, 2.45) is 0 Å². The molecule has 4 aromatic carbocycles. The molecule has 0 N–H and O–H groups in total. The van der Waals surface area contributed by atoms with Gasteiger partial charge in [-0.25, -0.2) is 0 Å². The first-order valence-electron chi connectivity index (χ1n) is 14.2. The van der Waals surface area contributed by atoms with Gasteiger partial charge in [-0.3, -0.25) is 14.4 Å². The molecule has 44 heavy (non-hydrogen) atoms. The molecule has 0 saturated heterocycles. The van der Waals surface area contributed by atoms with Gasteiger partial charge in [-0.05, 0) is 78.6 Å². The van der Waals surface area contributed by atoms with E-state index in [0.717, 1.165) is 16.7 Å². The van der Waals surface area contributed by atoms with Gasteiger partial charge in [0.2, 0.25) is 12.6 Å². The molecule has 4 heterocycles. The van der Waals surface area contributed by atoms with Crippen LogP contribution < -0.4 is 19.8 Å². The number of amides is 2. The van der Waals surface area contributed by atoms with Crippen LogP contribution in [0, 0.1) is 13.8 Å². The highest BCUT2D eigenvalue weighted by molar-refractivity contribution is 6.30. The number of aryl methyl sites for hydroxylation is 2. The molecule has 0 radical (unpaired) electrons. The topological polar surface area (TPSA) is 89.3 Å². The predicted molar refractivity (Wildman–Crippen MR) is 164 cm³/mol. The number of nitrogens with zero attached hydrogens (tertiary/aromatic N) is 2. The van der Waals surface area contributed by atoms with Gasteiger partial charge in [0.25, 0.3) is 11.8 Å². The van der Waals surface area contributed by atoms with Crippen LogP contribution in [0.5, 0.6) is 11.5 Å². The zero-order valence-corrected chi connectivity index (χ0v) is 24.6. The van der Waals surface area contributed by atoms with Gasteiger partial charge in [0, 0.05) is 17.1 Å². The summed E-state index contributed by atoms with van der Waals surface area (Å²) >= 11 is 6.14. The molecule has 1 atom stereocenters. The van der Waals surface area contributed by atoms with Gasteiger partial charge in [-0.1, -0.05) is 48.0 Å². The van der Waals surface area contributed by atoms with E-state index in [2.05, 4.69) is 0 Å². The van der Waals surface area contributed by atoms with Crippen molar-refractivity contribution in [3.63, 3.8) is 0 Å². The molecule has 1 unspecified atom stereocenters. The fraction of sp³-hybridized carbons (Fsp3) is 0.171. The summed E-state index contributed by atoms with van der Waals surface area (Å²) in [6.07, 6.45) is 0. The molecular weight excluding hydrogens is 580 g/mol. The van der Waals surface area contributed by atoms with Crippen molar-refractivity contribution in [2.45, 2.75) is 32.5 Å². The average Bonchev–Trinajstić information content (AvgIpc) is 3.65. The van der Waals surface area contributed by atoms with Gasteiger partial charge in [-0.15, -0.1) is 0 Å². The molecule has 3 aliphatic rings. The first-order chi connectivity index (χ1) is 21.3. The number of halogens is 1. The third-order valence-corrected chi connectivity index (χ3v) is 9.14. The maximum Gasteiger partial charge on any atom is 0.291 e. The minimum atomic E-state index is -1.75. The normalized spacial score (nSPS) is 18.1. The van der Waals surface area contributed by atoms with Crippen molar-refractivity contribution in [1.29, 1.82) is 0 Å². The lowest BCUT2D eigenvalue weighted by Gasteiger charge is -2.34. The van der Waals surface area contributed by atoms with Crippen molar-refractivity contribution in [3.05, 3.63) is 133 Å². The van der Waals surface area contributed by atoms with Crippen molar-refractivity contribution < 1.29 is 23.5 Å². The first-order valence-corrected chi connectivity index (χ1v) is 14.6. The predicted octanol–water partition coefficient (Wildman–Crippen LogP) is 6.24. The van der Waals surface area contributed by atoms with E-state index in [1.54, 1.807) is 41.3 Å². The zero-order valence-electron chi connectivity index (χ0n) is 23.8. The highest BCUT2D eigenvalue weighted by Gasteiger charge is 2.65. The Labute approximate surface area is 257 Å². The molecule has 218 valence electrons. The number of rotatable bonds is 4. The van der Waals surface area contributed by atoms with Crippen molar-refractivity contribution in [2.75, 3.05) is 11.7 Å². The van der Waals surface area contributed by atoms with Gasteiger partial charge in [0.1, 0.15) is 5.58 Å². The Balaban J connectivity index is 1.38. The van der Waals surface area contributed by atoms with E-state index in [1.807, 2.05) is 56.3 Å². The number of benzene rings is 4. The minimum absolute atomic E-state index is 0.0162. The lowest BCUT2D eigenvalue weighted by atomic mass is 9.83. The maximum absolute atomic E-state index is 15.0. The number of ether oxygens (including phenoxy) is 2. The number of para-hydroxylation sites is 1. The van der Waals surface area contributed by atoms with Crippen LogP contribution in [0.3, 0.4) is 0 Å². The Morgan fingerprint density at radius 1 is 0.818 bits per heavy atom. The highest BCUT2D eigenvalue weighted by Crippen LogP contribution is 2.53. The molecule has 0 saturated carbocycles. The highest BCUT2D eigenvalue weighted by atomic mass is 35.5. The summed E-state index contributed by atoms with van der Waals surface area (Å²) in [5.41, 5.74) is 2.74. The Morgan fingerprint density at radius 2 is 1.55 bits per heavy atom. The first kappa shape index (κ1) is 26.5. The Bertz CT molecular complexity index is 2120. The molecule has 1 aromatic heterocycles. The molecule has 8 rings (SSSR count). The summed E-state index contributed by atoms with van der Waals surface area (Å²) in [4.78, 5) is 47.1. The maximum atomic E-state index is 15.0. The third kappa shape index (κ3) is 3.61. The van der Waals surface area contributed by atoms with E-state index in [9.17, 15) is 9.59 Å². The Morgan fingerprint density at radius 3 is 2.36 bits per heavy atom. The monoisotopic (exact) mass is 604 g/mol. The average molecular weight is 605 g/mol. The fourth-order valence-electron chi connectivity index (χ4n) is 6.62. The second-order valence-electron chi connectivity index (χ2n) is 11.4. The van der Waals surface area contributed by atoms with Crippen LogP contribution in [0.1, 0.15) is 43.9 Å². The number of hydrogen-bond donors (Lipinski definition) is 0. The molecule has 0 aliphatic carbocycles. The zero-order chi connectivity index (χ0) is 30.3. The molecule has 1 spiro atoms. The van der Waals surface area contributed by atoms with E-state index in [4.69, 9.17) is 25.5 Å². The SMILES string of the molecule is Cc1cc2oc3c(c(=O)c2cc1C)C1(C(=O)N(Cc2ccc(Cl)cc2)c2ccccc21)N(Cc1ccc2c(c1)OCO2)C3=O. The van der Waals surface area contributed by atoms with E-state index in [-0.39, 0.29) is 31.2 Å². The van der Waals surface area contributed by atoms with Crippen LogP contribution in [0.25, 0.3) is 11.0 Å². The van der Waals surface area contributed by atoms with Crippen LogP contribution in [-0.4, -0.2) is 23.5 Å². The number of hydrogen-bond acceptors (Lipinski definition) is 6. The van der Waals surface area contributed by atoms with Crippen molar-refractivity contribution in [1.82, 2.24) is 4.90 Å². The van der Waals surface area contributed by atoms with Crippen molar-refractivity contribution >= 4 is 40.1 Å². The van der Waals surface area contributed by atoms with Gasteiger partial charge in [0.15, 0.2) is 22.5 Å². The van der Waals surface area contributed by atoms with Crippen LogP contribution in [0.2, 0.25) is 5.02 Å². The smallest absolute Gasteiger partial charge is 0.291 e. The van der Waals surface area contributed by atoms with Crippen LogP contribution in [0.4, 0.5) is 5.69 Å². The van der Waals surface area contributed by atoms with E-state index in [1.165, 1.54) is 4.90 Å².